The van der Waals surface area contributed by atoms with Crippen molar-refractivity contribution in [2.24, 2.45) is 5.92 Å². The molecule has 4 heterocycles. The van der Waals surface area contributed by atoms with Gasteiger partial charge in [0.05, 0.1) is 22.2 Å². The zero-order valence-electron chi connectivity index (χ0n) is 41.3. The lowest BCUT2D eigenvalue weighted by atomic mass is 9.92. The Bertz CT molecular complexity index is 4130. The molecule has 0 aliphatic heterocycles. The van der Waals surface area contributed by atoms with E-state index in [2.05, 4.69) is 143 Å². The Hall–Kier alpha value is -10.1. The maximum atomic E-state index is 5.33. The van der Waals surface area contributed by atoms with Crippen molar-refractivity contribution < 1.29 is 0 Å². The molecule has 9 heteroatoms. The summed E-state index contributed by atoms with van der Waals surface area (Å²) in [7, 11) is 0. The van der Waals surface area contributed by atoms with Crippen molar-refractivity contribution in [3.8, 4) is 56.9 Å². The monoisotopic (exact) mass is 977 g/mol. The largest absolute Gasteiger partial charge is 0.310 e. The number of hydrogen-bond acceptors (Lipinski definition) is 7. The van der Waals surface area contributed by atoms with Crippen molar-refractivity contribution in [3.63, 3.8) is 0 Å². The van der Waals surface area contributed by atoms with Crippen LogP contribution in [0.3, 0.4) is 0 Å². The molecule has 76 heavy (non-hydrogen) atoms. The first kappa shape index (κ1) is 44.6. The van der Waals surface area contributed by atoms with Gasteiger partial charge in [0.15, 0.2) is 23.3 Å². The molecule has 0 fully saturated rings. The Kier molecular flexibility index (Phi) is 11.2. The van der Waals surface area contributed by atoms with E-state index in [1.54, 1.807) is 0 Å². The lowest BCUT2D eigenvalue weighted by Crippen LogP contribution is -2.32. The first-order valence-electron chi connectivity index (χ1n) is 25.7. The van der Waals surface area contributed by atoms with Crippen molar-refractivity contribution in [1.29, 1.82) is 0 Å². The van der Waals surface area contributed by atoms with Gasteiger partial charge in [-0.15, -0.1) is 0 Å². The molecule has 0 amide bonds. The summed E-state index contributed by atoms with van der Waals surface area (Å²) in [5.74, 6) is 3.14. The number of rotatable bonds is 11. The zero-order chi connectivity index (χ0) is 50.4. The van der Waals surface area contributed by atoms with E-state index in [0.717, 1.165) is 79.5 Å². The van der Waals surface area contributed by atoms with E-state index in [0.29, 0.717) is 41.1 Å². The van der Waals surface area contributed by atoms with Gasteiger partial charge in [-0.2, -0.15) is 19.9 Å². The maximum Gasteiger partial charge on any atom is 0.241 e. The molecule has 1 aliphatic rings. The molecule has 13 aromatic rings. The quantitative estimate of drug-likeness (QED) is 0.127. The number of benzene rings is 9. The summed E-state index contributed by atoms with van der Waals surface area (Å²) in [5, 5.41) is 5.83. The third-order valence-corrected chi connectivity index (χ3v) is 14.3. The summed E-state index contributed by atoms with van der Waals surface area (Å²) >= 11 is 0. The van der Waals surface area contributed by atoms with Gasteiger partial charge < -0.3 is 9.13 Å². The predicted octanol–water partition coefficient (Wildman–Crippen LogP) is 14.1. The molecular formula is C67H47N9. The first-order chi connectivity index (χ1) is 37.7. The van der Waals surface area contributed by atoms with Crippen molar-refractivity contribution in [2.45, 2.75) is 12.8 Å². The number of para-hydroxylation sites is 2. The Balaban J connectivity index is 1.06. The van der Waals surface area contributed by atoms with Crippen LogP contribution in [0.15, 0.2) is 243 Å². The Morgan fingerprint density at radius 1 is 0.382 bits per heavy atom. The van der Waals surface area contributed by atoms with Crippen LogP contribution in [0.2, 0.25) is 0 Å². The van der Waals surface area contributed by atoms with Gasteiger partial charge in [-0.05, 0) is 78.9 Å². The van der Waals surface area contributed by atoms with Gasteiger partial charge in [0.2, 0.25) is 11.9 Å². The predicted molar refractivity (Wildman–Crippen MR) is 307 cm³/mol. The van der Waals surface area contributed by atoms with Crippen LogP contribution in [0.25, 0.3) is 102 Å². The smallest absolute Gasteiger partial charge is 0.241 e. The molecule has 0 spiro atoms. The van der Waals surface area contributed by atoms with Gasteiger partial charge in [0, 0.05) is 60.4 Å². The van der Waals surface area contributed by atoms with Crippen LogP contribution in [0.1, 0.15) is 12.0 Å². The van der Waals surface area contributed by atoms with Crippen LogP contribution in [0, 0.1) is 5.92 Å². The fourth-order valence-electron chi connectivity index (χ4n) is 10.8. The highest BCUT2D eigenvalue weighted by atomic mass is 15.4. The molecule has 14 rings (SSSR count). The first-order valence-corrected chi connectivity index (χ1v) is 25.7. The van der Waals surface area contributed by atoms with Crippen molar-refractivity contribution in [1.82, 2.24) is 39.0 Å². The number of nitrogens with zero attached hydrogens (tertiary/aromatic N) is 9. The zero-order valence-corrected chi connectivity index (χ0v) is 41.3. The summed E-state index contributed by atoms with van der Waals surface area (Å²) in [4.78, 5) is 33.5. The minimum atomic E-state index is 0.354. The summed E-state index contributed by atoms with van der Waals surface area (Å²) in [6, 6.07) is 83.8. The van der Waals surface area contributed by atoms with Crippen LogP contribution in [0.4, 0.5) is 17.6 Å². The molecule has 0 radical (unpaired) electrons. The van der Waals surface area contributed by atoms with Crippen molar-refractivity contribution in [2.75, 3.05) is 4.90 Å². The average Bonchev–Trinajstić information content (AvgIpc) is 4.09. The lowest BCUT2D eigenvalue weighted by Gasteiger charge is -2.23. The summed E-state index contributed by atoms with van der Waals surface area (Å²) < 4.78 is 4.84. The fraction of sp³-hybridized carbons (Fsp3) is 0.0448. The second-order valence-corrected chi connectivity index (χ2v) is 19.1. The van der Waals surface area contributed by atoms with E-state index in [9.17, 15) is 0 Å². The molecule has 1 atom stereocenters. The molecule has 1 aliphatic carbocycles. The highest BCUT2D eigenvalue weighted by molar-refractivity contribution is 6.14. The summed E-state index contributed by atoms with van der Waals surface area (Å²) in [6.07, 6.45) is 6.89. The number of hydrogen-bond donors (Lipinski definition) is 0. The van der Waals surface area contributed by atoms with Crippen LogP contribution in [0.5, 0.6) is 0 Å². The van der Waals surface area contributed by atoms with Crippen molar-refractivity contribution >= 4 is 62.4 Å². The molecule has 9 nitrogen and oxygen atoms in total. The molecule has 1 unspecified atom stereocenters. The van der Waals surface area contributed by atoms with Gasteiger partial charge >= 0.3 is 0 Å². The summed E-state index contributed by atoms with van der Waals surface area (Å²) in [5.41, 5.74) is 11.0. The van der Waals surface area contributed by atoms with Crippen molar-refractivity contribution in [3.05, 3.63) is 259 Å². The minimum absolute atomic E-state index is 0.354. The Labute approximate surface area is 438 Å². The van der Waals surface area contributed by atoms with E-state index < -0.39 is 0 Å². The molecule has 0 saturated heterocycles. The van der Waals surface area contributed by atoms with Gasteiger partial charge in [0.25, 0.3) is 0 Å². The lowest BCUT2D eigenvalue weighted by molar-refractivity contribution is 0.703. The van der Waals surface area contributed by atoms with Crippen LogP contribution >= 0.6 is 0 Å². The number of fused-ring (bicyclic) bond motifs is 6. The van der Waals surface area contributed by atoms with Gasteiger partial charge in [0.1, 0.15) is 0 Å². The highest BCUT2D eigenvalue weighted by Gasteiger charge is 2.27. The third-order valence-electron chi connectivity index (χ3n) is 14.3. The molecule has 360 valence electrons. The average molecular weight is 978 g/mol. The second kappa shape index (κ2) is 19.1. The fourth-order valence-corrected chi connectivity index (χ4v) is 10.8. The summed E-state index contributed by atoms with van der Waals surface area (Å²) in [6.45, 7) is 0. The van der Waals surface area contributed by atoms with E-state index in [1.807, 2.05) is 126 Å². The standard InChI is InChI=1S/C67H47N9/c1-8-22-45(23-9-1)40-46-36-38-58-54(41-46)56-43-61-57(44-60(56)74(58)51-32-18-6-19-33-51)55-42-53(37-39-59(55)75(61)52-34-20-7-21-35-52)76(66-70-62(47-24-10-2-11-25-47)68-63(71-66)48-26-12-3-13-27-48)67-72-64(49-28-14-4-15-29-49)69-65(73-67)50-30-16-5-17-31-50/h1-35,37-39,41-44,46H,36,40H2. The van der Waals surface area contributed by atoms with E-state index in [4.69, 9.17) is 29.9 Å². The topological polar surface area (TPSA) is 90.4 Å². The van der Waals surface area contributed by atoms with Gasteiger partial charge in [-0.3, -0.25) is 0 Å². The van der Waals surface area contributed by atoms with Crippen LogP contribution in [-0.4, -0.2) is 39.0 Å². The Morgan fingerprint density at radius 2 is 0.789 bits per heavy atom. The number of aromatic nitrogens is 8. The minimum Gasteiger partial charge on any atom is -0.310 e. The van der Waals surface area contributed by atoms with E-state index in [-0.39, 0.29) is 0 Å². The second-order valence-electron chi connectivity index (χ2n) is 19.1. The number of anilines is 3. The molecule has 0 N–H and O–H groups in total. The molecule has 0 bridgehead atoms. The van der Waals surface area contributed by atoms with Gasteiger partial charge in [-0.1, -0.05) is 200 Å². The normalized spacial score (nSPS) is 13.1. The highest BCUT2D eigenvalue weighted by Crippen LogP contribution is 2.41. The van der Waals surface area contributed by atoms with Crippen LogP contribution < -0.4 is 15.5 Å². The molecule has 9 aromatic carbocycles. The molecule has 0 saturated carbocycles. The maximum absolute atomic E-state index is 5.33. The Morgan fingerprint density at radius 3 is 1.28 bits per heavy atom. The van der Waals surface area contributed by atoms with E-state index >= 15 is 0 Å². The van der Waals surface area contributed by atoms with E-state index in [1.165, 1.54) is 21.5 Å². The molecular weight excluding hydrogens is 931 g/mol. The SMILES string of the molecule is C1=c2c(n(-c3ccccc3)c3cc4c5cc(N(c6nc(-c7ccccc7)nc(-c7ccccc7)n6)c6nc(-c7ccccc7)nc(-c7ccccc7)n6)ccc5n(-c5ccccc5)c4cc23)=CCC1Cc1ccccc1. The third kappa shape index (κ3) is 8.17. The molecule has 4 aromatic heterocycles. The van der Waals surface area contributed by atoms with Gasteiger partial charge in [-0.25, -0.2) is 14.9 Å². The van der Waals surface area contributed by atoms with Crippen LogP contribution in [-0.2, 0) is 6.42 Å².